The summed E-state index contributed by atoms with van der Waals surface area (Å²) in [5, 5.41) is 9.15. The smallest absolute Gasteiger partial charge is 0.162 e. The van der Waals surface area contributed by atoms with Gasteiger partial charge in [0.15, 0.2) is 5.82 Å². The minimum atomic E-state index is 0.0953. The molecule has 0 amide bonds. The van der Waals surface area contributed by atoms with Gasteiger partial charge in [-0.25, -0.2) is 15.0 Å². The predicted octanol–water partition coefficient (Wildman–Crippen LogP) is 2.66. The zero-order valence-electron chi connectivity index (χ0n) is 14.2. The van der Waals surface area contributed by atoms with Crippen molar-refractivity contribution >= 4 is 11.0 Å². The van der Waals surface area contributed by atoms with Gasteiger partial charge < -0.3 is 14.2 Å². The highest BCUT2D eigenvalue weighted by molar-refractivity contribution is 5.78. The van der Waals surface area contributed by atoms with Gasteiger partial charge in [0.25, 0.3) is 0 Å². The zero-order chi connectivity index (χ0) is 17.4. The van der Waals surface area contributed by atoms with Gasteiger partial charge in [0, 0.05) is 30.7 Å². The van der Waals surface area contributed by atoms with Crippen molar-refractivity contribution in [1.82, 2.24) is 28.7 Å². The molecule has 0 aliphatic rings. The molecule has 0 radical (unpaired) electrons. The van der Waals surface area contributed by atoms with Crippen molar-refractivity contribution in [3.05, 3.63) is 49.4 Å². The van der Waals surface area contributed by atoms with E-state index in [1.165, 1.54) is 0 Å². The highest BCUT2D eigenvalue weighted by Crippen LogP contribution is 2.25. The number of rotatable bonds is 5. The molecule has 0 aliphatic heterocycles. The number of hydrogen-bond acceptors (Lipinski definition) is 4. The summed E-state index contributed by atoms with van der Waals surface area (Å²) in [7, 11) is 0. The molecule has 4 aromatic rings. The lowest BCUT2D eigenvalue weighted by Gasteiger charge is -2.13. The van der Waals surface area contributed by atoms with Crippen molar-refractivity contribution in [3.8, 4) is 17.2 Å². The topological polar surface area (TPSA) is 73.7 Å². The molecular formula is C18H20N6O. The first-order valence-corrected chi connectivity index (χ1v) is 8.30. The van der Waals surface area contributed by atoms with Crippen LogP contribution in [0.5, 0.6) is 0 Å². The second-order valence-corrected chi connectivity index (χ2v) is 6.24. The number of aliphatic hydroxyl groups is 1. The Morgan fingerprint density at radius 1 is 1.16 bits per heavy atom. The average molecular weight is 336 g/mol. The average Bonchev–Trinajstić information content (AvgIpc) is 3.33. The molecule has 0 spiro atoms. The Hall–Kier alpha value is -2.93. The number of aliphatic hydroxyl groups excluding tert-OH is 1. The molecule has 0 bridgehead atoms. The predicted molar refractivity (Wildman–Crippen MR) is 95.5 cm³/mol. The van der Waals surface area contributed by atoms with E-state index in [0.717, 1.165) is 28.2 Å². The van der Waals surface area contributed by atoms with E-state index in [1.807, 2.05) is 46.1 Å². The second-order valence-electron chi connectivity index (χ2n) is 6.24. The van der Waals surface area contributed by atoms with Gasteiger partial charge in [0.2, 0.25) is 0 Å². The van der Waals surface area contributed by atoms with Crippen LogP contribution in [0.4, 0.5) is 0 Å². The van der Waals surface area contributed by atoms with Crippen LogP contribution >= 0.6 is 0 Å². The van der Waals surface area contributed by atoms with Gasteiger partial charge in [-0.2, -0.15) is 0 Å². The number of fused-ring (bicyclic) bond motifs is 1. The quantitative estimate of drug-likeness (QED) is 0.608. The SMILES string of the molecule is CC(C)n1cncc1-c1nccn1-c1ccc2c(c1)ncn2CCO. The van der Waals surface area contributed by atoms with E-state index in [9.17, 15) is 0 Å². The van der Waals surface area contributed by atoms with Crippen LogP contribution in [0.25, 0.3) is 28.2 Å². The molecule has 0 saturated carbocycles. The summed E-state index contributed by atoms with van der Waals surface area (Å²) in [5.41, 5.74) is 3.87. The van der Waals surface area contributed by atoms with Crippen molar-refractivity contribution in [2.75, 3.05) is 6.61 Å². The Morgan fingerprint density at radius 3 is 2.84 bits per heavy atom. The van der Waals surface area contributed by atoms with E-state index in [-0.39, 0.29) is 6.61 Å². The lowest BCUT2D eigenvalue weighted by atomic mass is 10.2. The summed E-state index contributed by atoms with van der Waals surface area (Å²) in [4.78, 5) is 13.3. The summed E-state index contributed by atoms with van der Waals surface area (Å²) in [6.07, 6.45) is 9.17. The summed E-state index contributed by atoms with van der Waals surface area (Å²) in [6, 6.07) is 6.40. The van der Waals surface area contributed by atoms with Crippen molar-refractivity contribution in [3.63, 3.8) is 0 Å². The fourth-order valence-electron chi connectivity index (χ4n) is 3.08. The molecule has 4 rings (SSSR count). The zero-order valence-corrected chi connectivity index (χ0v) is 14.2. The van der Waals surface area contributed by atoms with E-state index in [1.54, 1.807) is 12.5 Å². The molecular weight excluding hydrogens is 316 g/mol. The summed E-state index contributed by atoms with van der Waals surface area (Å²) < 4.78 is 6.09. The maximum Gasteiger partial charge on any atom is 0.162 e. The summed E-state index contributed by atoms with van der Waals surface area (Å²) in [5.74, 6) is 0.848. The molecule has 0 saturated heterocycles. The summed E-state index contributed by atoms with van der Waals surface area (Å²) >= 11 is 0. The van der Waals surface area contributed by atoms with E-state index in [0.29, 0.717) is 12.6 Å². The van der Waals surface area contributed by atoms with E-state index in [4.69, 9.17) is 5.11 Å². The Balaban J connectivity index is 1.80. The third-order valence-electron chi connectivity index (χ3n) is 4.32. The molecule has 0 unspecified atom stereocenters. The van der Waals surface area contributed by atoms with Gasteiger partial charge in [-0.3, -0.25) is 4.57 Å². The van der Waals surface area contributed by atoms with Gasteiger partial charge >= 0.3 is 0 Å². The van der Waals surface area contributed by atoms with Crippen LogP contribution in [0.1, 0.15) is 19.9 Å². The van der Waals surface area contributed by atoms with Gasteiger partial charge in [0.05, 0.1) is 36.5 Å². The maximum atomic E-state index is 9.15. The molecule has 3 heterocycles. The highest BCUT2D eigenvalue weighted by Gasteiger charge is 2.15. The Kier molecular flexibility index (Phi) is 3.85. The number of aromatic nitrogens is 6. The normalized spacial score (nSPS) is 11.7. The third kappa shape index (κ3) is 2.62. The van der Waals surface area contributed by atoms with Crippen LogP contribution in [-0.2, 0) is 6.54 Å². The fraction of sp³-hybridized carbons (Fsp3) is 0.278. The fourth-order valence-corrected chi connectivity index (χ4v) is 3.08. The monoisotopic (exact) mass is 336 g/mol. The van der Waals surface area contributed by atoms with Crippen molar-refractivity contribution in [2.24, 2.45) is 0 Å². The Bertz CT molecular complexity index is 1010. The Labute approximate surface area is 145 Å². The van der Waals surface area contributed by atoms with E-state index < -0.39 is 0 Å². The van der Waals surface area contributed by atoms with Gasteiger partial charge in [0.1, 0.15) is 5.69 Å². The van der Waals surface area contributed by atoms with Crippen molar-refractivity contribution < 1.29 is 5.11 Å². The molecule has 3 aromatic heterocycles. The lowest BCUT2D eigenvalue weighted by molar-refractivity contribution is 0.278. The minimum Gasteiger partial charge on any atom is -0.395 e. The van der Waals surface area contributed by atoms with Crippen molar-refractivity contribution in [1.29, 1.82) is 0 Å². The number of hydrogen-bond donors (Lipinski definition) is 1. The van der Waals surface area contributed by atoms with Crippen LogP contribution in [-0.4, -0.2) is 40.4 Å². The van der Waals surface area contributed by atoms with Gasteiger partial charge in [-0.15, -0.1) is 0 Å². The molecule has 0 aliphatic carbocycles. The first-order chi connectivity index (χ1) is 12.2. The van der Waals surface area contributed by atoms with Crippen molar-refractivity contribution in [2.45, 2.75) is 26.4 Å². The molecule has 7 heteroatoms. The molecule has 1 aromatic carbocycles. The first-order valence-electron chi connectivity index (χ1n) is 8.30. The summed E-state index contributed by atoms with van der Waals surface area (Å²) in [6.45, 7) is 4.88. The van der Waals surface area contributed by atoms with E-state index >= 15 is 0 Å². The van der Waals surface area contributed by atoms with Gasteiger partial charge in [-0.05, 0) is 32.0 Å². The maximum absolute atomic E-state index is 9.15. The first kappa shape index (κ1) is 15.6. The molecule has 7 nitrogen and oxygen atoms in total. The standard InChI is InChI=1S/C18H20N6O/c1-13(2)24-11-19-10-17(24)18-20-5-6-23(18)14-3-4-16-15(9-14)21-12-22(16)7-8-25/h3-6,9-13,25H,7-8H2,1-2H3. The molecule has 25 heavy (non-hydrogen) atoms. The molecule has 1 N–H and O–H groups in total. The number of imidazole rings is 3. The van der Waals surface area contributed by atoms with Gasteiger partial charge in [-0.1, -0.05) is 0 Å². The van der Waals surface area contributed by atoms with Crippen LogP contribution < -0.4 is 0 Å². The van der Waals surface area contributed by atoms with Crippen LogP contribution in [0.3, 0.4) is 0 Å². The third-order valence-corrected chi connectivity index (χ3v) is 4.32. The number of benzene rings is 1. The molecule has 0 atom stereocenters. The second kappa shape index (κ2) is 6.18. The number of nitrogens with zero attached hydrogens (tertiary/aromatic N) is 6. The van der Waals surface area contributed by atoms with Crippen LogP contribution in [0.2, 0.25) is 0 Å². The highest BCUT2D eigenvalue weighted by atomic mass is 16.3. The minimum absolute atomic E-state index is 0.0953. The van der Waals surface area contributed by atoms with Crippen LogP contribution in [0, 0.1) is 0 Å². The van der Waals surface area contributed by atoms with Crippen LogP contribution in [0.15, 0.2) is 49.4 Å². The van der Waals surface area contributed by atoms with E-state index in [2.05, 4.69) is 33.4 Å². The Morgan fingerprint density at radius 2 is 2.04 bits per heavy atom. The lowest BCUT2D eigenvalue weighted by Crippen LogP contribution is -2.05. The molecule has 0 fully saturated rings. The largest absolute Gasteiger partial charge is 0.395 e. The molecule has 128 valence electrons.